The quantitative estimate of drug-likeness (QED) is 0.760. The Balaban J connectivity index is 2.59. The molecule has 0 atom stereocenters. The van der Waals surface area contributed by atoms with Gasteiger partial charge in [0.25, 0.3) is 15.6 Å². The molecular weight excluding hydrogens is 324 g/mol. The van der Waals surface area contributed by atoms with E-state index in [2.05, 4.69) is 4.72 Å². The molecule has 9 heteroatoms. The van der Waals surface area contributed by atoms with Gasteiger partial charge in [-0.25, -0.2) is 13.2 Å². The van der Waals surface area contributed by atoms with Crippen LogP contribution in [0, 0.1) is 6.92 Å². The molecule has 0 radical (unpaired) electrons. The third-order valence-electron chi connectivity index (χ3n) is 3.11. The van der Waals surface area contributed by atoms with Crippen molar-refractivity contribution >= 4 is 21.7 Å². The summed E-state index contributed by atoms with van der Waals surface area (Å²) in [5.74, 6) is -2.35. The van der Waals surface area contributed by atoms with Crippen LogP contribution in [0.25, 0.3) is 0 Å². The van der Waals surface area contributed by atoms with Gasteiger partial charge in [0.1, 0.15) is 16.1 Å². The Kier molecular flexibility index (Phi) is 4.15. The Bertz CT molecular complexity index is 946. The van der Waals surface area contributed by atoms with Crippen LogP contribution in [0.5, 0.6) is 5.75 Å². The molecule has 2 rings (SSSR count). The molecule has 0 aliphatic heterocycles. The van der Waals surface area contributed by atoms with Gasteiger partial charge in [-0.1, -0.05) is 0 Å². The number of carbonyl (C=O) groups is 1. The number of anilines is 1. The van der Waals surface area contributed by atoms with Crippen molar-refractivity contribution in [3.8, 4) is 5.75 Å². The van der Waals surface area contributed by atoms with Crippen molar-refractivity contribution in [3.05, 3.63) is 51.9 Å². The maximum Gasteiger partial charge on any atom is 0.339 e. The van der Waals surface area contributed by atoms with Crippen LogP contribution in [0.3, 0.4) is 0 Å². The molecule has 0 amide bonds. The SMILES string of the molecule is Cc1cc(C(=O)O)c(O)c(S(=O)(=O)Nc2cccn(C)c2=O)c1. The number of nitrogens with zero attached hydrogens (tertiary/aromatic N) is 1. The minimum atomic E-state index is -4.34. The number of phenols is 1. The van der Waals surface area contributed by atoms with Gasteiger partial charge in [-0.2, -0.15) is 0 Å². The second-order valence-electron chi connectivity index (χ2n) is 4.91. The van der Waals surface area contributed by atoms with E-state index in [9.17, 15) is 23.1 Å². The molecule has 0 saturated carbocycles. The zero-order valence-electron chi connectivity index (χ0n) is 12.3. The van der Waals surface area contributed by atoms with E-state index in [1.165, 1.54) is 36.9 Å². The van der Waals surface area contributed by atoms with Crippen LogP contribution in [0.1, 0.15) is 15.9 Å². The number of hydrogen-bond donors (Lipinski definition) is 3. The highest BCUT2D eigenvalue weighted by Gasteiger charge is 2.25. The Hall–Kier alpha value is -2.81. The molecule has 0 bridgehead atoms. The van der Waals surface area contributed by atoms with Gasteiger partial charge in [0.05, 0.1) is 0 Å². The summed E-state index contributed by atoms with van der Waals surface area (Å²) in [5.41, 5.74) is -0.998. The fourth-order valence-corrected chi connectivity index (χ4v) is 3.25. The summed E-state index contributed by atoms with van der Waals surface area (Å²) in [6, 6.07) is 5.01. The van der Waals surface area contributed by atoms with Crippen molar-refractivity contribution in [1.29, 1.82) is 0 Å². The minimum absolute atomic E-state index is 0.215. The van der Waals surface area contributed by atoms with Gasteiger partial charge in [-0.15, -0.1) is 0 Å². The summed E-state index contributed by atoms with van der Waals surface area (Å²) < 4.78 is 28.0. The molecule has 0 aliphatic rings. The first-order chi connectivity index (χ1) is 10.6. The predicted octanol–water partition coefficient (Wildman–Crippen LogP) is 0.898. The van der Waals surface area contributed by atoms with Crippen molar-refractivity contribution in [2.45, 2.75) is 11.8 Å². The number of nitrogens with one attached hydrogen (secondary N) is 1. The number of carboxylic acid groups (broad SMARTS) is 1. The Morgan fingerprint density at radius 1 is 1.30 bits per heavy atom. The van der Waals surface area contributed by atoms with E-state index in [-0.39, 0.29) is 5.69 Å². The maximum absolute atomic E-state index is 12.4. The lowest BCUT2D eigenvalue weighted by molar-refractivity contribution is 0.0693. The first kappa shape index (κ1) is 16.6. The van der Waals surface area contributed by atoms with Crippen molar-refractivity contribution in [3.63, 3.8) is 0 Å². The third kappa shape index (κ3) is 3.19. The standard InChI is InChI=1S/C14H14N2O6S/c1-8-6-9(14(19)20)12(17)11(7-8)23(21,22)15-10-4-3-5-16(2)13(10)18/h3-7,15,17H,1-2H3,(H,19,20). The third-order valence-corrected chi connectivity index (χ3v) is 4.49. The topological polar surface area (TPSA) is 126 Å². The zero-order valence-corrected chi connectivity index (χ0v) is 13.1. The molecule has 0 fully saturated rings. The van der Waals surface area contributed by atoms with Gasteiger partial charge < -0.3 is 14.8 Å². The smallest absolute Gasteiger partial charge is 0.339 e. The van der Waals surface area contributed by atoms with Gasteiger partial charge >= 0.3 is 5.97 Å². The summed E-state index contributed by atoms with van der Waals surface area (Å²) in [7, 11) is -2.89. The Morgan fingerprint density at radius 3 is 2.57 bits per heavy atom. The van der Waals surface area contributed by atoms with E-state index >= 15 is 0 Å². The Morgan fingerprint density at radius 2 is 1.96 bits per heavy atom. The maximum atomic E-state index is 12.4. The molecule has 1 heterocycles. The van der Waals surface area contributed by atoms with Gasteiger partial charge in [0.2, 0.25) is 0 Å². The molecule has 0 spiro atoms. The lowest BCUT2D eigenvalue weighted by atomic mass is 10.1. The number of aryl methyl sites for hydroxylation is 2. The van der Waals surface area contributed by atoms with E-state index in [1.807, 2.05) is 0 Å². The summed E-state index contributed by atoms with van der Waals surface area (Å²) >= 11 is 0. The van der Waals surface area contributed by atoms with Crippen molar-refractivity contribution in [2.24, 2.45) is 7.05 Å². The molecule has 2 aromatic rings. The van der Waals surface area contributed by atoms with Crippen LogP contribution in [-0.4, -0.2) is 29.2 Å². The van der Waals surface area contributed by atoms with Gasteiger partial charge in [0, 0.05) is 13.2 Å². The van der Waals surface area contributed by atoms with Crippen LogP contribution in [0.4, 0.5) is 5.69 Å². The highest BCUT2D eigenvalue weighted by atomic mass is 32.2. The molecule has 122 valence electrons. The van der Waals surface area contributed by atoms with Crippen molar-refractivity contribution in [2.75, 3.05) is 4.72 Å². The molecule has 0 unspecified atom stereocenters. The normalized spacial score (nSPS) is 11.2. The van der Waals surface area contributed by atoms with Gasteiger partial charge in [-0.05, 0) is 36.8 Å². The van der Waals surface area contributed by atoms with Gasteiger partial charge in [0.15, 0.2) is 5.75 Å². The molecular formula is C14H14N2O6S. The first-order valence-corrected chi connectivity index (χ1v) is 7.87. The predicted molar refractivity (Wildman–Crippen MR) is 82.3 cm³/mol. The van der Waals surface area contributed by atoms with Crippen LogP contribution in [0.2, 0.25) is 0 Å². The fraction of sp³-hybridized carbons (Fsp3) is 0.143. The number of aromatic nitrogens is 1. The molecule has 0 aliphatic carbocycles. The van der Waals surface area contributed by atoms with E-state index < -0.39 is 37.8 Å². The van der Waals surface area contributed by atoms with Gasteiger partial charge in [-0.3, -0.25) is 9.52 Å². The molecule has 3 N–H and O–H groups in total. The summed E-state index contributed by atoms with van der Waals surface area (Å²) in [6.45, 7) is 1.49. The number of sulfonamides is 1. The second kappa shape index (κ2) is 5.76. The van der Waals surface area contributed by atoms with E-state index in [4.69, 9.17) is 5.11 Å². The van der Waals surface area contributed by atoms with E-state index in [1.54, 1.807) is 0 Å². The average Bonchev–Trinajstić information content (AvgIpc) is 2.45. The molecule has 1 aromatic heterocycles. The van der Waals surface area contributed by atoms with E-state index in [0.717, 1.165) is 12.1 Å². The number of hydrogen-bond acceptors (Lipinski definition) is 5. The summed E-state index contributed by atoms with van der Waals surface area (Å²) in [4.78, 5) is 22.4. The van der Waals surface area contributed by atoms with Crippen LogP contribution in [0.15, 0.2) is 40.2 Å². The number of pyridine rings is 1. The van der Waals surface area contributed by atoms with E-state index in [0.29, 0.717) is 5.56 Å². The number of carboxylic acids is 1. The van der Waals surface area contributed by atoms with Crippen LogP contribution >= 0.6 is 0 Å². The molecule has 1 aromatic carbocycles. The monoisotopic (exact) mass is 338 g/mol. The lowest BCUT2D eigenvalue weighted by Crippen LogP contribution is -2.24. The average molecular weight is 338 g/mol. The lowest BCUT2D eigenvalue weighted by Gasteiger charge is -2.12. The number of aromatic carboxylic acids is 1. The van der Waals surface area contributed by atoms with Crippen LogP contribution in [-0.2, 0) is 17.1 Å². The number of benzene rings is 1. The highest BCUT2D eigenvalue weighted by molar-refractivity contribution is 7.92. The molecule has 0 saturated heterocycles. The van der Waals surface area contributed by atoms with Crippen LogP contribution < -0.4 is 10.3 Å². The molecule has 8 nitrogen and oxygen atoms in total. The summed E-state index contributed by atoms with van der Waals surface area (Å²) in [6.07, 6.45) is 1.45. The van der Waals surface area contributed by atoms with Crippen molar-refractivity contribution < 1.29 is 23.4 Å². The number of rotatable bonds is 4. The largest absolute Gasteiger partial charge is 0.506 e. The first-order valence-electron chi connectivity index (χ1n) is 6.39. The minimum Gasteiger partial charge on any atom is -0.506 e. The summed E-state index contributed by atoms with van der Waals surface area (Å²) in [5, 5.41) is 19.0. The zero-order chi connectivity index (χ0) is 17.4. The highest BCUT2D eigenvalue weighted by Crippen LogP contribution is 2.29. The Labute approximate surface area is 131 Å². The fourth-order valence-electron chi connectivity index (χ4n) is 1.99. The second-order valence-corrected chi connectivity index (χ2v) is 6.56. The van der Waals surface area contributed by atoms with Crippen molar-refractivity contribution in [1.82, 2.24) is 4.57 Å². The molecule has 23 heavy (non-hydrogen) atoms. The number of aromatic hydroxyl groups is 1.